The van der Waals surface area contributed by atoms with E-state index in [4.69, 9.17) is 0 Å². The summed E-state index contributed by atoms with van der Waals surface area (Å²) in [7, 11) is 0. The minimum absolute atomic E-state index is 0.384. The van der Waals surface area contributed by atoms with Gasteiger partial charge in [0.05, 0.1) is 0 Å². The molecular weight excluding hydrogens is 366 g/mol. The van der Waals surface area contributed by atoms with Gasteiger partial charge in [0.25, 0.3) is 0 Å². The molecule has 1 saturated carbocycles. The minimum Gasteiger partial charge on any atom is -0.303 e. The second kappa shape index (κ2) is 10.9. The first kappa shape index (κ1) is 21.3. The number of hydrogen-bond acceptors (Lipinski definition) is 2. The molecule has 0 radical (unpaired) electrons. The highest BCUT2D eigenvalue weighted by Gasteiger charge is 2.27. The number of piperidine rings is 1. The van der Waals surface area contributed by atoms with Crippen molar-refractivity contribution in [3.8, 4) is 0 Å². The summed E-state index contributed by atoms with van der Waals surface area (Å²) < 4.78 is 0. The average molecular weight is 404 g/mol. The van der Waals surface area contributed by atoms with Crippen LogP contribution in [0.25, 0.3) is 0 Å². The second-order valence-electron chi connectivity index (χ2n) is 9.45. The number of nitrogens with zero attached hydrogens (tertiary/aromatic N) is 1. The molecule has 2 aromatic carbocycles. The second-order valence-corrected chi connectivity index (χ2v) is 9.45. The number of hydrogen-bond donors (Lipinski definition) is 0. The lowest BCUT2D eigenvalue weighted by Gasteiger charge is -2.33. The standard InChI is InChI=1S/C28H37NO/c30-28(26-14-8-3-9-15-26)22-23-16-19-29(20-17-23)21-18-27(24-10-4-1-5-11-24)25-12-6-2-7-13-25/h1-2,4-7,10-13,23,26-27H,3,8-9,14-22H2. The highest BCUT2D eigenvalue weighted by molar-refractivity contribution is 5.81. The summed E-state index contributed by atoms with van der Waals surface area (Å²) >= 11 is 0. The van der Waals surface area contributed by atoms with E-state index in [1.165, 1.54) is 43.2 Å². The molecule has 0 unspecified atom stereocenters. The Morgan fingerprint density at radius 1 is 0.800 bits per heavy atom. The van der Waals surface area contributed by atoms with Crippen molar-refractivity contribution in [1.82, 2.24) is 4.90 Å². The number of ketones is 1. The Kier molecular flexibility index (Phi) is 7.75. The summed E-state index contributed by atoms with van der Waals surface area (Å²) in [4.78, 5) is 15.3. The first-order valence-corrected chi connectivity index (χ1v) is 12.1. The number of Topliss-reactive ketones (excluding diaryl/α,β-unsaturated/α-hetero) is 1. The van der Waals surface area contributed by atoms with E-state index in [0.717, 1.165) is 45.3 Å². The molecule has 1 heterocycles. The van der Waals surface area contributed by atoms with Crippen molar-refractivity contribution in [2.24, 2.45) is 11.8 Å². The van der Waals surface area contributed by atoms with Gasteiger partial charge in [-0.15, -0.1) is 0 Å². The van der Waals surface area contributed by atoms with Crippen LogP contribution in [0.15, 0.2) is 60.7 Å². The molecule has 1 saturated heterocycles. The lowest BCUT2D eigenvalue weighted by Crippen LogP contribution is -2.36. The van der Waals surface area contributed by atoms with Gasteiger partial charge in [0, 0.05) is 18.3 Å². The molecule has 4 rings (SSSR count). The molecule has 0 atom stereocenters. The molecule has 160 valence electrons. The van der Waals surface area contributed by atoms with E-state index in [0.29, 0.717) is 23.5 Å². The van der Waals surface area contributed by atoms with Gasteiger partial charge in [-0.1, -0.05) is 79.9 Å². The maximum absolute atomic E-state index is 12.7. The smallest absolute Gasteiger partial charge is 0.136 e. The third-order valence-electron chi connectivity index (χ3n) is 7.40. The molecular formula is C28H37NO. The summed E-state index contributed by atoms with van der Waals surface area (Å²) in [5.74, 6) is 2.03. The maximum atomic E-state index is 12.7. The van der Waals surface area contributed by atoms with Crippen LogP contribution in [0.1, 0.15) is 74.8 Å². The normalized spacial score (nSPS) is 19.2. The van der Waals surface area contributed by atoms with Crippen LogP contribution in [0, 0.1) is 11.8 Å². The molecule has 2 heteroatoms. The zero-order valence-corrected chi connectivity index (χ0v) is 18.3. The van der Waals surface area contributed by atoms with Gasteiger partial charge < -0.3 is 4.90 Å². The quantitative estimate of drug-likeness (QED) is 0.504. The first-order chi connectivity index (χ1) is 14.8. The Morgan fingerprint density at radius 3 is 1.93 bits per heavy atom. The fraction of sp³-hybridized carbons (Fsp3) is 0.536. The summed E-state index contributed by atoms with van der Waals surface area (Å²) in [6.45, 7) is 3.44. The van der Waals surface area contributed by atoms with Crippen LogP contribution < -0.4 is 0 Å². The lowest BCUT2D eigenvalue weighted by atomic mass is 9.81. The van der Waals surface area contributed by atoms with Crippen molar-refractivity contribution in [2.45, 2.75) is 63.7 Å². The number of carbonyl (C=O) groups excluding carboxylic acids is 1. The molecule has 30 heavy (non-hydrogen) atoms. The molecule has 0 bridgehead atoms. The molecule has 2 aromatic rings. The van der Waals surface area contributed by atoms with Crippen LogP contribution in [0.2, 0.25) is 0 Å². The topological polar surface area (TPSA) is 20.3 Å². The summed E-state index contributed by atoms with van der Waals surface area (Å²) in [5.41, 5.74) is 2.83. The van der Waals surface area contributed by atoms with E-state index < -0.39 is 0 Å². The zero-order valence-electron chi connectivity index (χ0n) is 18.3. The molecule has 2 nitrogen and oxygen atoms in total. The van der Waals surface area contributed by atoms with E-state index in [1.54, 1.807) is 0 Å². The molecule has 0 amide bonds. The van der Waals surface area contributed by atoms with Crippen molar-refractivity contribution in [2.75, 3.05) is 19.6 Å². The van der Waals surface area contributed by atoms with Crippen LogP contribution in [0.4, 0.5) is 0 Å². The van der Waals surface area contributed by atoms with Crippen molar-refractivity contribution < 1.29 is 4.79 Å². The monoisotopic (exact) mass is 403 g/mol. The number of benzene rings is 2. The van der Waals surface area contributed by atoms with E-state index >= 15 is 0 Å². The van der Waals surface area contributed by atoms with Crippen molar-refractivity contribution in [3.05, 3.63) is 71.8 Å². The Balaban J connectivity index is 1.27. The van der Waals surface area contributed by atoms with Gasteiger partial charge >= 0.3 is 0 Å². The maximum Gasteiger partial charge on any atom is 0.136 e. The largest absolute Gasteiger partial charge is 0.303 e. The fourth-order valence-electron chi connectivity index (χ4n) is 5.50. The van der Waals surface area contributed by atoms with E-state index in [2.05, 4.69) is 65.6 Å². The van der Waals surface area contributed by atoms with Gasteiger partial charge in [-0.3, -0.25) is 4.79 Å². The van der Waals surface area contributed by atoms with Gasteiger partial charge in [0.2, 0.25) is 0 Å². The molecule has 0 aromatic heterocycles. The number of likely N-dealkylation sites (tertiary alicyclic amines) is 1. The Labute approximate surface area is 182 Å². The zero-order chi connectivity index (χ0) is 20.6. The third kappa shape index (κ3) is 5.82. The average Bonchev–Trinajstić information content (AvgIpc) is 2.82. The Bertz CT molecular complexity index is 718. The molecule has 1 aliphatic heterocycles. The van der Waals surface area contributed by atoms with Gasteiger partial charge in [0.15, 0.2) is 0 Å². The van der Waals surface area contributed by atoms with Crippen LogP contribution in [0.5, 0.6) is 0 Å². The van der Waals surface area contributed by atoms with E-state index in [1.807, 2.05) is 0 Å². The van der Waals surface area contributed by atoms with E-state index in [-0.39, 0.29) is 0 Å². The minimum atomic E-state index is 0.384. The Morgan fingerprint density at radius 2 is 1.37 bits per heavy atom. The number of rotatable bonds is 8. The molecule has 2 fully saturated rings. The fourth-order valence-corrected chi connectivity index (χ4v) is 5.50. The summed E-state index contributed by atoms with van der Waals surface area (Å²) in [6, 6.07) is 21.9. The highest BCUT2D eigenvalue weighted by Crippen LogP contribution is 2.31. The molecule has 0 N–H and O–H groups in total. The molecule has 2 aliphatic rings. The van der Waals surface area contributed by atoms with Crippen LogP contribution in [-0.4, -0.2) is 30.3 Å². The van der Waals surface area contributed by atoms with Crippen LogP contribution in [-0.2, 0) is 4.79 Å². The summed E-state index contributed by atoms with van der Waals surface area (Å²) in [6.07, 6.45) is 10.5. The molecule has 1 aliphatic carbocycles. The highest BCUT2D eigenvalue weighted by atomic mass is 16.1. The lowest BCUT2D eigenvalue weighted by molar-refractivity contribution is -0.125. The van der Waals surface area contributed by atoms with Gasteiger partial charge in [-0.05, 0) is 68.8 Å². The SMILES string of the molecule is O=C(CC1CCN(CCC(c2ccccc2)c2ccccc2)CC1)C1CCCCC1. The predicted molar refractivity (Wildman–Crippen MR) is 125 cm³/mol. The van der Waals surface area contributed by atoms with Gasteiger partial charge in [-0.2, -0.15) is 0 Å². The van der Waals surface area contributed by atoms with Crippen molar-refractivity contribution in [3.63, 3.8) is 0 Å². The van der Waals surface area contributed by atoms with Gasteiger partial charge in [0.1, 0.15) is 5.78 Å². The van der Waals surface area contributed by atoms with Crippen LogP contribution in [0.3, 0.4) is 0 Å². The third-order valence-corrected chi connectivity index (χ3v) is 7.40. The summed E-state index contributed by atoms with van der Waals surface area (Å²) in [5, 5.41) is 0. The predicted octanol–water partition coefficient (Wildman–Crippen LogP) is 6.46. The van der Waals surface area contributed by atoms with Crippen molar-refractivity contribution >= 4 is 5.78 Å². The molecule has 0 spiro atoms. The van der Waals surface area contributed by atoms with Gasteiger partial charge in [-0.25, -0.2) is 0 Å². The van der Waals surface area contributed by atoms with Crippen molar-refractivity contribution in [1.29, 1.82) is 0 Å². The van der Waals surface area contributed by atoms with E-state index in [9.17, 15) is 4.79 Å². The first-order valence-electron chi connectivity index (χ1n) is 12.1. The van der Waals surface area contributed by atoms with Crippen LogP contribution >= 0.6 is 0 Å². The number of carbonyl (C=O) groups is 1. The Hall–Kier alpha value is -1.93.